The zero-order valence-electron chi connectivity index (χ0n) is 12.7. The molecule has 1 aliphatic rings. The van der Waals surface area contributed by atoms with Crippen molar-refractivity contribution in [2.45, 2.75) is 30.6 Å². The van der Waals surface area contributed by atoms with Crippen LogP contribution in [-0.4, -0.2) is 30.8 Å². The molecule has 0 saturated carbocycles. The average molecular weight is 305 g/mol. The van der Waals surface area contributed by atoms with Gasteiger partial charge in [-0.15, -0.1) is 0 Å². The molecule has 3 nitrogen and oxygen atoms in total. The second-order valence-corrected chi connectivity index (χ2v) is 7.06. The molecule has 114 valence electrons. The highest BCUT2D eigenvalue weighted by atomic mass is 32.2. The summed E-state index contributed by atoms with van der Waals surface area (Å²) in [5.41, 5.74) is 0.965. The highest BCUT2D eigenvalue weighted by molar-refractivity contribution is 8.00. The van der Waals surface area contributed by atoms with E-state index in [0.717, 1.165) is 43.9 Å². The standard InChI is InChI=1S/C17H23NO2S/c1-13(16-11-14-5-3-4-6-15(14)20-16)18-12-17(21-2)7-9-19-10-8-17/h3-6,11,13,18H,7-10,12H2,1-2H3/t13-/m1/s1. The van der Waals surface area contributed by atoms with E-state index < -0.39 is 0 Å². The van der Waals surface area contributed by atoms with E-state index in [2.05, 4.69) is 30.6 Å². The van der Waals surface area contributed by atoms with E-state index in [9.17, 15) is 0 Å². The Bertz CT molecular complexity index is 556. The van der Waals surface area contributed by atoms with Crippen LogP contribution in [0.4, 0.5) is 0 Å². The quantitative estimate of drug-likeness (QED) is 0.905. The molecule has 0 spiro atoms. The maximum Gasteiger partial charge on any atom is 0.134 e. The topological polar surface area (TPSA) is 34.4 Å². The molecular weight excluding hydrogens is 282 g/mol. The van der Waals surface area contributed by atoms with Crippen molar-refractivity contribution in [2.75, 3.05) is 26.0 Å². The summed E-state index contributed by atoms with van der Waals surface area (Å²) in [4.78, 5) is 0. The third-order valence-corrected chi connectivity index (χ3v) is 5.86. The number of fused-ring (bicyclic) bond motifs is 1. The maximum absolute atomic E-state index is 5.94. The van der Waals surface area contributed by atoms with Crippen molar-refractivity contribution in [3.8, 4) is 0 Å². The van der Waals surface area contributed by atoms with Gasteiger partial charge in [0.1, 0.15) is 11.3 Å². The van der Waals surface area contributed by atoms with E-state index in [4.69, 9.17) is 9.15 Å². The van der Waals surface area contributed by atoms with Gasteiger partial charge in [-0.2, -0.15) is 11.8 Å². The molecule has 1 atom stereocenters. The predicted octanol–water partition coefficient (Wildman–Crippen LogP) is 4.00. The first-order chi connectivity index (χ1) is 10.2. The minimum absolute atomic E-state index is 0.226. The van der Waals surface area contributed by atoms with Gasteiger partial charge in [0.25, 0.3) is 0 Å². The Labute approximate surface area is 130 Å². The Hall–Kier alpha value is -0.970. The molecule has 2 heterocycles. The van der Waals surface area contributed by atoms with Crippen molar-refractivity contribution < 1.29 is 9.15 Å². The van der Waals surface area contributed by atoms with E-state index in [1.54, 1.807) is 0 Å². The third kappa shape index (κ3) is 3.28. The molecule has 21 heavy (non-hydrogen) atoms. The summed E-state index contributed by atoms with van der Waals surface area (Å²) in [5.74, 6) is 1.01. The molecule has 1 aromatic carbocycles. The lowest BCUT2D eigenvalue weighted by molar-refractivity contribution is 0.0765. The highest BCUT2D eigenvalue weighted by Gasteiger charge is 2.32. The summed E-state index contributed by atoms with van der Waals surface area (Å²) in [6.45, 7) is 4.92. The molecule has 0 radical (unpaired) electrons. The Balaban J connectivity index is 1.66. The van der Waals surface area contributed by atoms with Gasteiger partial charge in [-0.05, 0) is 38.2 Å². The van der Waals surface area contributed by atoms with Gasteiger partial charge in [-0.25, -0.2) is 0 Å². The van der Waals surface area contributed by atoms with E-state index in [0.29, 0.717) is 4.75 Å². The van der Waals surface area contributed by atoms with Gasteiger partial charge in [0.2, 0.25) is 0 Å². The van der Waals surface area contributed by atoms with Crippen LogP contribution >= 0.6 is 11.8 Å². The molecule has 0 amide bonds. The average Bonchev–Trinajstić information content (AvgIpc) is 2.97. The van der Waals surface area contributed by atoms with Crippen molar-refractivity contribution in [3.05, 3.63) is 36.1 Å². The molecule has 3 rings (SSSR count). The van der Waals surface area contributed by atoms with E-state index >= 15 is 0 Å². The molecule has 1 aliphatic heterocycles. The number of rotatable bonds is 5. The first-order valence-electron chi connectivity index (χ1n) is 7.57. The first-order valence-corrected chi connectivity index (χ1v) is 8.80. The largest absolute Gasteiger partial charge is 0.459 e. The normalized spacial score (nSPS) is 19.7. The maximum atomic E-state index is 5.94. The van der Waals surface area contributed by atoms with Crippen LogP contribution in [0.5, 0.6) is 0 Å². The fraction of sp³-hybridized carbons (Fsp3) is 0.529. The van der Waals surface area contributed by atoms with Gasteiger partial charge < -0.3 is 14.5 Å². The van der Waals surface area contributed by atoms with Gasteiger partial charge in [0.05, 0.1) is 6.04 Å². The second kappa shape index (κ2) is 6.42. The van der Waals surface area contributed by atoms with E-state index in [1.807, 2.05) is 30.0 Å². The van der Waals surface area contributed by atoms with Gasteiger partial charge in [0.15, 0.2) is 0 Å². The fourth-order valence-corrected chi connectivity index (χ4v) is 3.65. The van der Waals surface area contributed by atoms with Crippen LogP contribution in [0.15, 0.2) is 34.7 Å². The zero-order chi connectivity index (χ0) is 14.7. The zero-order valence-corrected chi connectivity index (χ0v) is 13.5. The summed E-state index contributed by atoms with van der Waals surface area (Å²) in [7, 11) is 0. The van der Waals surface area contributed by atoms with Crippen LogP contribution in [0.3, 0.4) is 0 Å². The lowest BCUT2D eigenvalue weighted by Crippen LogP contribution is -2.43. The van der Waals surface area contributed by atoms with Crippen LogP contribution in [0, 0.1) is 0 Å². The Morgan fingerprint density at radius 3 is 2.76 bits per heavy atom. The van der Waals surface area contributed by atoms with Crippen molar-refractivity contribution in [1.29, 1.82) is 0 Å². The van der Waals surface area contributed by atoms with Crippen LogP contribution < -0.4 is 5.32 Å². The monoisotopic (exact) mass is 305 g/mol. The lowest BCUT2D eigenvalue weighted by atomic mass is 9.98. The molecule has 1 aromatic heterocycles. The SMILES string of the molecule is CSC1(CN[C@H](C)c2cc3ccccc3o2)CCOCC1. The van der Waals surface area contributed by atoms with Crippen molar-refractivity contribution in [2.24, 2.45) is 0 Å². The summed E-state index contributed by atoms with van der Waals surface area (Å²) in [6.07, 6.45) is 4.45. The molecule has 1 fully saturated rings. The molecular formula is C17H23NO2S. The Kier molecular flexibility index (Phi) is 4.57. The van der Waals surface area contributed by atoms with Gasteiger partial charge in [-0.3, -0.25) is 0 Å². The molecule has 0 aliphatic carbocycles. The Morgan fingerprint density at radius 1 is 1.29 bits per heavy atom. The predicted molar refractivity (Wildman–Crippen MR) is 88.9 cm³/mol. The van der Waals surface area contributed by atoms with Crippen LogP contribution in [0.2, 0.25) is 0 Å². The van der Waals surface area contributed by atoms with E-state index in [-0.39, 0.29) is 6.04 Å². The van der Waals surface area contributed by atoms with Crippen LogP contribution in [0.25, 0.3) is 11.0 Å². The van der Waals surface area contributed by atoms with Crippen LogP contribution in [0.1, 0.15) is 31.6 Å². The van der Waals surface area contributed by atoms with Gasteiger partial charge in [-0.1, -0.05) is 18.2 Å². The molecule has 1 N–H and O–H groups in total. The number of hydrogen-bond donors (Lipinski definition) is 1. The first kappa shape index (κ1) is 14.9. The van der Waals surface area contributed by atoms with E-state index in [1.165, 1.54) is 5.39 Å². The summed E-state index contributed by atoms with van der Waals surface area (Å²) >= 11 is 1.96. The third-order valence-electron chi connectivity index (χ3n) is 4.44. The Morgan fingerprint density at radius 2 is 2.05 bits per heavy atom. The fourth-order valence-electron chi connectivity index (χ4n) is 2.85. The molecule has 0 unspecified atom stereocenters. The molecule has 0 bridgehead atoms. The number of thioether (sulfide) groups is 1. The van der Waals surface area contributed by atoms with Gasteiger partial charge in [0, 0.05) is 29.9 Å². The summed E-state index contributed by atoms with van der Waals surface area (Å²) < 4.78 is 11.7. The van der Waals surface area contributed by atoms with Crippen molar-refractivity contribution in [3.63, 3.8) is 0 Å². The molecule has 2 aromatic rings. The lowest BCUT2D eigenvalue weighted by Gasteiger charge is -2.36. The smallest absolute Gasteiger partial charge is 0.134 e. The highest BCUT2D eigenvalue weighted by Crippen LogP contribution is 2.34. The number of hydrogen-bond acceptors (Lipinski definition) is 4. The van der Waals surface area contributed by atoms with Crippen molar-refractivity contribution >= 4 is 22.7 Å². The van der Waals surface area contributed by atoms with Gasteiger partial charge >= 0.3 is 0 Å². The minimum atomic E-state index is 0.226. The van der Waals surface area contributed by atoms with Crippen molar-refractivity contribution in [1.82, 2.24) is 5.32 Å². The number of benzene rings is 1. The number of ether oxygens (including phenoxy) is 1. The number of nitrogens with one attached hydrogen (secondary N) is 1. The second-order valence-electron chi connectivity index (χ2n) is 5.79. The summed E-state index contributed by atoms with van der Waals surface area (Å²) in [6, 6.07) is 10.5. The molecule has 4 heteroatoms. The molecule has 1 saturated heterocycles. The number of furan rings is 1. The summed E-state index contributed by atoms with van der Waals surface area (Å²) in [5, 5.41) is 4.82. The van der Waals surface area contributed by atoms with Crippen LogP contribution in [-0.2, 0) is 4.74 Å². The number of para-hydroxylation sites is 1. The minimum Gasteiger partial charge on any atom is -0.459 e.